The quantitative estimate of drug-likeness (QED) is 0.449. The summed E-state index contributed by atoms with van der Waals surface area (Å²) in [6, 6.07) is 9.33. The van der Waals surface area contributed by atoms with Crippen molar-refractivity contribution in [3.63, 3.8) is 0 Å². The third kappa shape index (κ3) is 3.08. The van der Waals surface area contributed by atoms with Gasteiger partial charge in [0.05, 0.1) is 12.2 Å². The number of carbonyl (C=O) groups excluding carboxylic acids is 3. The van der Waals surface area contributed by atoms with Crippen molar-refractivity contribution in [1.29, 1.82) is 0 Å². The molecule has 0 spiro atoms. The molecule has 2 bridgehead atoms. The van der Waals surface area contributed by atoms with Gasteiger partial charge in [0.15, 0.2) is 5.78 Å². The second kappa shape index (κ2) is 7.27. The van der Waals surface area contributed by atoms with Crippen molar-refractivity contribution >= 4 is 17.7 Å². The Kier molecular flexibility index (Phi) is 5.20. The molecule has 0 aliphatic carbocycles. The minimum atomic E-state index is -1.84. The molecule has 0 unspecified atom stereocenters. The van der Waals surface area contributed by atoms with Gasteiger partial charge in [0.1, 0.15) is 12.5 Å². The van der Waals surface area contributed by atoms with Crippen LogP contribution in [0.15, 0.2) is 42.0 Å². The molecule has 2 saturated heterocycles. The molecule has 27 heavy (non-hydrogen) atoms. The predicted octanol–water partition coefficient (Wildman–Crippen LogP) is 2.75. The highest BCUT2D eigenvalue weighted by Gasteiger charge is 2.69. The molecule has 6 nitrogen and oxygen atoms in total. The first kappa shape index (κ1) is 19.3. The molecule has 2 heterocycles. The molecule has 2 aliphatic rings. The van der Waals surface area contributed by atoms with Gasteiger partial charge in [-0.1, -0.05) is 36.4 Å². The van der Waals surface area contributed by atoms with Gasteiger partial charge in [0, 0.05) is 6.42 Å². The zero-order valence-electron chi connectivity index (χ0n) is 15.8. The number of allylic oxidation sites excluding steroid dienone is 1. The Hall–Kier alpha value is -2.47. The van der Waals surface area contributed by atoms with Crippen LogP contribution in [0.25, 0.3) is 0 Å². The maximum Gasteiger partial charge on any atom is 0.350 e. The van der Waals surface area contributed by atoms with Gasteiger partial charge in [-0.15, -0.1) is 0 Å². The fourth-order valence-corrected chi connectivity index (χ4v) is 4.02. The summed E-state index contributed by atoms with van der Waals surface area (Å²) in [4.78, 5) is 38.4. The molecule has 2 fully saturated rings. The average Bonchev–Trinajstić information content (AvgIpc) is 2.90. The molecule has 0 radical (unpaired) electrons. The van der Waals surface area contributed by atoms with E-state index in [9.17, 15) is 14.4 Å². The summed E-state index contributed by atoms with van der Waals surface area (Å²) >= 11 is 0. The number of esters is 2. The van der Waals surface area contributed by atoms with E-state index in [-0.39, 0.29) is 25.4 Å². The monoisotopic (exact) mass is 372 g/mol. The largest absolute Gasteiger partial charge is 0.463 e. The van der Waals surface area contributed by atoms with Crippen LogP contribution in [0.4, 0.5) is 0 Å². The van der Waals surface area contributed by atoms with E-state index in [1.54, 1.807) is 26.8 Å². The molecular weight excluding hydrogens is 348 g/mol. The lowest BCUT2D eigenvalue weighted by molar-refractivity contribution is -0.191. The number of hydrogen-bond acceptors (Lipinski definition) is 6. The second-order valence-corrected chi connectivity index (χ2v) is 7.01. The number of ketones is 1. The predicted molar refractivity (Wildman–Crippen MR) is 96.6 cm³/mol. The molecule has 0 amide bonds. The van der Waals surface area contributed by atoms with Crippen molar-refractivity contribution in [2.75, 3.05) is 6.61 Å². The fraction of sp³-hybridized carbons (Fsp3) is 0.476. The van der Waals surface area contributed by atoms with Crippen LogP contribution in [0, 0.1) is 5.92 Å². The van der Waals surface area contributed by atoms with E-state index in [4.69, 9.17) is 14.2 Å². The third-order valence-electron chi connectivity index (χ3n) is 5.29. The minimum Gasteiger partial charge on any atom is -0.463 e. The Morgan fingerprint density at radius 2 is 1.96 bits per heavy atom. The maximum atomic E-state index is 13.0. The second-order valence-electron chi connectivity index (χ2n) is 7.01. The van der Waals surface area contributed by atoms with E-state index < -0.39 is 29.1 Å². The van der Waals surface area contributed by atoms with E-state index in [0.717, 1.165) is 5.56 Å². The zero-order chi connectivity index (χ0) is 19.7. The molecule has 3 rings (SSSR count). The number of fused-ring (bicyclic) bond motifs is 2. The zero-order valence-corrected chi connectivity index (χ0v) is 15.8. The van der Waals surface area contributed by atoms with Crippen molar-refractivity contribution in [2.45, 2.75) is 51.4 Å². The molecule has 1 aromatic rings. The Balaban J connectivity index is 1.92. The van der Waals surface area contributed by atoms with Gasteiger partial charge in [-0.05, 0) is 38.3 Å². The third-order valence-corrected chi connectivity index (χ3v) is 5.29. The van der Waals surface area contributed by atoms with Crippen LogP contribution in [0.5, 0.6) is 0 Å². The first-order valence-electron chi connectivity index (χ1n) is 9.17. The van der Waals surface area contributed by atoms with Crippen LogP contribution in [-0.2, 0) is 35.2 Å². The first-order chi connectivity index (χ1) is 12.9. The highest BCUT2D eigenvalue weighted by atomic mass is 16.6. The Morgan fingerprint density at radius 1 is 1.26 bits per heavy atom. The summed E-state index contributed by atoms with van der Waals surface area (Å²) in [6.07, 6.45) is 2.10. The number of ether oxygens (including phenoxy) is 3. The van der Waals surface area contributed by atoms with Gasteiger partial charge in [-0.2, -0.15) is 0 Å². The van der Waals surface area contributed by atoms with Crippen LogP contribution in [0.1, 0.15) is 39.2 Å². The van der Waals surface area contributed by atoms with Crippen molar-refractivity contribution in [3.8, 4) is 0 Å². The summed E-state index contributed by atoms with van der Waals surface area (Å²) in [6.45, 7) is 5.33. The van der Waals surface area contributed by atoms with Crippen LogP contribution >= 0.6 is 0 Å². The highest BCUT2D eigenvalue weighted by molar-refractivity contribution is 6.13. The van der Waals surface area contributed by atoms with Gasteiger partial charge < -0.3 is 14.2 Å². The van der Waals surface area contributed by atoms with Crippen LogP contribution in [0.2, 0.25) is 0 Å². The van der Waals surface area contributed by atoms with E-state index in [0.29, 0.717) is 12.0 Å². The van der Waals surface area contributed by atoms with Crippen molar-refractivity contribution < 1.29 is 28.6 Å². The fourth-order valence-electron chi connectivity index (χ4n) is 4.02. The number of rotatable bonds is 5. The molecule has 0 aromatic heterocycles. The Labute approximate surface area is 158 Å². The van der Waals surface area contributed by atoms with Gasteiger partial charge in [-0.25, -0.2) is 4.79 Å². The molecule has 144 valence electrons. The van der Waals surface area contributed by atoms with E-state index in [1.165, 1.54) is 0 Å². The molecule has 0 saturated carbocycles. The first-order valence-corrected chi connectivity index (χ1v) is 9.17. The van der Waals surface area contributed by atoms with Crippen LogP contribution in [0.3, 0.4) is 0 Å². The summed E-state index contributed by atoms with van der Waals surface area (Å²) in [5.74, 6) is -2.46. The van der Waals surface area contributed by atoms with Gasteiger partial charge >= 0.3 is 11.9 Å². The van der Waals surface area contributed by atoms with Crippen LogP contribution in [-0.4, -0.2) is 35.5 Å². The SMILES string of the molecule is C/C=C1\[C@H](C(=O)OCc2ccccc2)[C@@]2(C)CCC(=O)[C@]1(C(=O)OCC)O2. The summed E-state index contributed by atoms with van der Waals surface area (Å²) in [5, 5.41) is 0. The number of benzene rings is 1. The lowest BCUT2D eigenvalue weighted by Gasteiger charge is -2.35. The molecule has 2 aliphatic heterocycles. The molecule has 1 aromatic carbocycles. The van der Waals surface area contributed by atoms with Gasteiger partial charge in [0.2, 0.25) is 5.60 Å². The van der Waals surface area contributed by atoms with Crippen molar-refractivity contribution in [2.24, 2.45) is 5.92 Å². The summed E-state index contributed by atoms with van der Waals surface area (Å²) in [7, 11) is 0. The Morgan fingerprint density at radius 3 is 2.59 bits per heavy atom. The van der Waals surface area contributed by atoms with Gasteiger partial charge in [0.25, 0.3) is 0 Å². The minimum absolute atomic E-state index is 0.115. The lowest BCUT2D eigenvalue weighted by atomic mass is 9.81. The topological polar surface area (TPSA) is 78.9 Å². The molecular formula is C21H24O6. The number of carbonyl (C=O) groups is 3. The smallest absolute Gasteiger partial charge is 0.350 e. The normalized spacial score (nSPS) is 31.0. The molecule has 3 atom stereocenters. The highest BCUT2D eigenvalue weighted by Crippen LogP contribution is 2.54. The number of hydrogen-bond donors (Lipinski definition) is 0. The maximum absolute atomic E-state index is 13.0. The van der Waals surface area contributed by atoms with Crippen molar-refractivity contribution in [1.82, 2.24) is 0 Å². The van der Waals surface area contributed by atoms with E-state index >= 15 is 0 Å². The van der Waals surface area contributed by atoms with Gasteiger partial charge in [-0.3, -0.25) is 9.59 Å². The van der Waals surface area contributed by atoms with Crippen LogP contribution < -0.4 is 0 Å². The summed E-state index contributed by atoms with van der Waals surface area (Å²) in [5.41, 5.74) is -1.65. The summed E-state index contributed by atoms with van der Waals surface area (Å²) < 4.78 is 16.6. The van der Waals surface area contributed by atoms with E-state index in [2.05, 4.69) is 0 Å². The number of Topliss-reactive ketones (excluding diaryl/α,β-unsaturated/α-hetero) is 1. The Bertz CT molecular complexity index is 783. The average molecular weight is 372 g/mol. The van der Waals surface area contributed by atoms with E-state index in [1.807, 2.05) is 30.3 Å². The lowest BCUT2D eigenvalue weighted by Crippen LogP contribution is -2.53. The molecule has 0 N–H and O–H groups in total. The van der Waals surface area contributed by atoms with Crippen molar-refractivity contribution in [3.05, 3.63) is 47.5 Å². The standard InChI is InChI=1S/C21H24O6/c1-4-15-17(18(23)26-13-14-9-7-6-8-10-14)20(3)12-11-16(22)21(15,27-20)19(24)25-5-2/h4,6-10,17H,5,11-13H2,1-3H3/b15-4+/t17-,20-,21-/m1/s1. The molecule has 6 heteroatoms.